The molecule has 0 bridgehead atoms. The summed E-state index contributed by atoms with van der Waals surface area (Å²) in [5, 5.41) is 9.01. The van der Waals surface area contributed by atoms with Crippen LogP contribution >= 0.6 is 0 Å². The highest BCUT2D eigenvalue weighted by Crippen LogP contribution is 2.24. The van der Waals surface area contributed by atoms with E-state index >= 15 is 0 Å². The normalized spacial score (nSPS) is 16.2. The SMILES string of the molecule is CN(Cc1ccccc1)C(=O)C1CN(CCCc2c[nH]c3ccc(-n4cnnc4)cc23)CCN1C(=O)OC(C)(C)C. The first-order valence-corrected chi connectivity index (χ1v) is 14.1. The maximum atomic E-state index is 13.7. The number of nitrogens with zero attached hydrogens (tertiary/aromatic N) is 6. The summed E-state index contributed by atoms with van der Waals surface area (Å²) in [6.45, 7) is 8.46. The number of amides is 2. The lowest BCUT2D eigenvalue weighted by atomic mass is 10.1. The van der Waals surface area contributed by atoms with Crippen molar-refractivity contribution >= 4 is 22.9 Å². The number of H-pyrrole nitrogens is 1. The largest absolute Gasteiger partial charge is 0.444 e. The molecule has 2 aromatic carbocycles. The smallest absolute Gasteiger partial charge is 0.411 e. The molecule has 2 amide bonds. The van der Waals surface area contributed by atoms with Crippen molar-refractivity contribution in [1.82, 2.24) is 34.4 Å². The first kappa shape index (κ1) is 28.4. The zero-order valence-corrected chi connectivity index (χ0v) is 24.3. The summed E-state index contributed by atoms with van der Waals surface area (Å²) in [4.78, 5) is 35.8. The molecule has 3 heterocycles. The summed E-state index contributed by atoms with van der Waals surface area (Å²) in [7, 11) is 1.80. The number of likely N-dealkylation sites (N-methyl/N-ethyl adjacent to an activating group) is 1. The fourth-order valence-electron chi connectivity index (χ4n) is 5.34. The number of ether oxygens (including phenoxy) is 1. The Kier molecular flexibility index (Phi) is 8.39. The number of piperazine rings is 1. The van der Waals surface area contributed by atoms with Gasteiger partial charge in [0.05, 0.1) is 0 Å². The van der Waals surface area contributed by atoms with E-state index in [-0.39, 0.29) is 5.91 Å². The van der Waals surface area contributed by atoms with Crippen molar-refractivity contribution < 1.29 is 14.3 Å². The molecule has 1 saturated heterocycles. The highest BCUT2D eigenvalue weighted by atomic mass is 16.6. The number of hydrogen-bond donors (Lipinski definition) is 1. The van der Waals surface area contributed by atoms with Gasteiger partial charge in [-0.2, -0.15) is 0 Å². The second kappa shape index (κ2) is 12.1. The summed E-state index contributed by atoms with van der Waals surface area (Å²) in [6.07, 6.45) is 6.85. The number of fused-ring (bicyclic) bond motifs is 1. The molecule has 2 aromatic heterocycles. The zero-order chi connectivity index (χ0) is 29.0. The van der Waals surface area contributed by atoms with Crippen molar-refractivity contribution in [1.29, 1.82) is 0 Å². The average Bonchev–Trinajstić information content (AvgIpc) is 3.62. The van der Waals surface area contributed by atoms with Crippen molar-refractivity contribution in [3.63, 3.8) is 0 Å². The molecule has 0 radical (unpaired) electrons. The summed E-state index contributed by atoms with van der Waals surface area (Å²) < 4.78 is 7.58. The average molecular weight is 558 g/mol. The molecule has 10 nitrogen and oxygen atoms in total. The number of aromatic nitrogens is 4. The fourth-order valence-corrected chi connectivity index (χ4v) is 5.34. The molecular formula is C31H39N7O3. The Morgan fingerprint density at radius 1 is 1.07 bits per heavy atom. The van der Waals surface area contributed by atoms with Gasteiger partial charge in [-0.15, -0.1) is 10.2 Å². The van der Waals surface area contributed by atoms with Crippen molar-refractivity contribution in [2.75, 3.05) is 33.2 Å². The van der Waals surface area contributed by atoms with E-state index in [0.717, 1.165) is 36.2 Å². The van der Waals surface area contributed by atoms with Crippen LogP contribution in [0.2, 0.25) is 0 Å². The van der Waals surface area contributed by atoms with Crippen LogP contribution in [0.15, 0.2) is 67.4 Å². The fraction of sp³-hybridized carbons (Fsp3) is 0.419. The maximum absolute atomic E-state index is 13.7. The Morgan fingerprint density at radius 2 is 1.83 bits per heavy atom. The number of hydrogen-bond acceptors (Lipinski definition) is 6. The van der Waals surface area contributed by atoms with E-state index in [1.54, 1.807) is 29.5 Å². The van der Waals surface area contributed by atoms with Gasteiger partial charge in [-0.25, -0.2) is 4.79 Å². The van der Waals surface area contributed by atoms with Gasteiger partial charge in [-0.1, -0.05) is 30.3 Å². The van der Waals surface area contributed by atoms with Crippen molar-refractivity contribution in [2.24, 2.45) is 0 Å². The first-order chi connectivity index (χ1) is 19.7. The number of aromatic amines is 1. The number of benzene rings is 2. The highest BCUT2D eigenvalue weighted by Gasteiger charge is 2.38. The van der Waals surface area contributed by atoms with Gasteiger partial charge in [-0.05, 0) is 69.5 Å². The Labute approximate surface area is 240 Å². The molecule has 4 aromatic rings. The Hall–Kier alpha value is -4.18. The Bertz CT molecular complexity index is 1460. The van der Waals surface area contributed by atoms with E-state index in [0.29, 0.717) is 26.2 Å². The zero-order valence-electron chi connectivity index (χ0n) is 24.3. The van der Waals surface area contributed by atoms with Crippen molar-refractivity contribution in [2.45, 2.75) is 51.8 Å². The maximum Gasteiger partial charge on any atom is 0.411 e. The number of aryl methyl sites for hydroxylation is 1. The third-order valence-electron chi connectivity index (χ3n) is 7.40. The summed E-state index contributed by atoms with van der Waals surface area (Å²) in [6, 6.07) is 15.6. The van der Waals surface area contributed by atoms with Crippen LogP contribution in [0.3, 0.4) is 0 Å². The van der Waals surface area contributed by atoms with Gasteiger partial charge in [0.2, 0.25) is 5.91 Å². The van der Waals surface area contributed by atoms with Crippen molar-refractivity contribution in [3.05, 3.63) is 78.5 Å². The van der Waals surface area contributed by atoms with Crippen LogP contribution in [-0.2, 0) is 22.5 Å². The lowest BCUT2D eigenvalue weighted by Crippen LogP contribution is -2.61. The molecule has 41 heavy (non-hydrogen) atoms. The predicted octanol–water partition coefficient (Wildman–Crippen LogP) is 4.26. The third-order valence-corrected chi connectivity index (χ3v) is 7.40. The number of rotatable bonds is 8. The lowest BCUT2D eigenvalue weighted by molar-refractivity contribution is -0.138. The molecule has 5 rings (SSSR count). The predicted molar refractivity (Wildman–Crippen MR) is 158 cm³/mol. The highest BCUT2D eigenvalue weighted by molar-refractivity contribution is 5.86. The number of carbonyl (C=O) groups is 2. The summed E-state index contributed by atoms with van der Waals surface area (Å²) >= 11 is 0. The van der Waals surface area contributed by atoms with Crippen LogP contribution in [0.25, 0.3) is 16.6 Å². The van der Waals surface area contributed by atoms with Gasteiger partial charge in [0.15, 0.2) is 0 Å². The second-order valence-corrected chi connectivity index (χ2v) is 11.7. The molecule has 1 unspecified atom stereocenters. The Balaban J connectivity index is 1.25. The van der Waals surface area contributed by atoms with Gasteiger partial charge in [0.25, 0.3) is 0 Å². The molecule has 1 atom stereocenters. The van der Waals surface area contributed by atoms with Crippen LogP contribution in [0.5, 0.6) is 0 Å². The molecule has 1 aliphatic rings. The van der Waals surface area contributed by atoms with Gasteiger partial charge in [0, 0.05) is 56.0 Å². The van der Waals surface area contributed by atoms with Crippen LogP contribution in [0.4, 0.5) is 4.79 Å². The monoisotopic (exact) mass is 557 g/mol. The van der Waals surface area contributed by atoms with Gasteiger partial charge in [-0.3, -0.25) is 19.2 Å². The van der Waals surface area contributed by atoms with E-state index in [9.17, 15) is 9.59 Å². The minimum absolute atomic E-state index is 0.0810. The molecule has 10 heteroatoms. The van der Waals surface area contributed by atoms with Crippen LogP contribution in [0.1, 0.15) is 38.3 Å². The summed E-state index contributed by atoms with van der Waals surface area (Å²) in [5.74, 6) is -0.0810. The molecule has 216 valence electrons. The molecule has 1 N–H and O–H groups in total. The Morgan fingerprint density at radius 3 is 2.56 bits per heavy atom. The molecule has 1 fully saturated rings. The van der Waals surface area contributed by atoms with E-state index in [4.69, 9.17) is 4.74 Å². The van der Waals surface area contributed by atoms with E-state index in [1.807, 2.05) is 61.7 Å². The minimum Gasteiger partial charge on any atom is -0.444 e. The molecule has 0 saturated carbocycles. The van der Waals surface area contributed by atoms with Gasteiger partial charge in [0.1, 0.15) is 24.3 Å². The molecule has 0 spiro atoms. The minimum atomic E-state index is -0.634. The quantitative estimate of drug-likeness (QED) is 0.348. The third kappa shape index (κ3) is 6.94. The van der Waals surface area contributed by atoms with Gasteiger partial charge < -0.3 is 14.6 Å². The molecular weight excluding hydrogens is 518 g/mol. The number of carbonyl (C=O) groups excluding carboxylic acids is 2. The first-order valence-electron chi connectivity index (χ1n) is 14.1. The standard InChI is InChI=1S/C31H39N7O3/c1-31(2,3)41-30(40)38-16-15-36(20-28(38)29(39)35(4)19-23-9-6-5-7-10-23)14-8-11-24-18-32-27-13-12-25(17-26(24)27)37-21-33-34-22-37/h5-7,9-10,12-13,17-18,21-22,28,32H,8,11,14-16,19-20H2,1-4H3. The van der Waals surface area contributed by atoms with Crippen molar-refractivity contribution in [3.8, 4) is 5.69 Å². The van der Waals surface area contributed by atoms with E-state index in [1.165, 1.54) is 10.9 Å². The second-order valence-electron chi connectivity index (χ2n) is 11.7. The van der Waals surface area contributed by atoms with E-state index in [2.05, 4.69) is 38.4 Å². The van der Waals surface area contributed by atoms with Crippen LogP contribution < -0.4 is 0 Å². The van der Waals surface area contributed by atoms with Gasteiger partial charge >= 0.3 is 6.09 Å². The summed E-state index contributed by atoms with van der Waals surface area (Å²) in [5.41, 5.74) is 3.77. The lowest BCUT2D eigenvalue weighted by Gasteiger charge is -2.42. The van der Waals surface area contributed by atoms with E-state index < -0.39 is 17.7 Å². The van der Waals surface area contributed by atoms with Crippen LogP contribution in [0, 0.1) is 0 Å². The molecule has 1 aliphatic heterocycles. The topological polar surface area (TPSA) is 99.6 Å². The van der Waals surface area contributed by atoms with Crippen LogP contribution in [-0.4, -0.2) is 91.3 Å². The number of nitrogens with one attached hydrogen (secondary N) is 1. The molecule has 0 aliphatic carbocycles.